The van der Waals surface area contributed by atoms with Crippen LogP contribution in [-0.4, -0.2) is 48.8 Å². The number of piperazine rings is 1. The van der Waals surface area contributed by atoms with Crippen LogP contribution in [-0.2, 0) is 6.18 Å². The first-order valence-electron chi connectivity index (χ1n) is 6.43. The maximum atomic E-state index is 13.0. The van der Waals surface area contributed by atoms with E-state index >= 15 is 0 Å². The summed E-state index contributed by atoms with van der Waals surface area (Å²) in [6, 6.07) is 0.782. The molecule has 124 valence electrons. The summed E-state index contributed by atoms with van der Waals surface area (Å²) in [6.07, 6.45) is -7.84. The molecule has 1 aliphatic heterocycles. The lowest BCUT2D eigenvalue weighted by Crippen LogP contribution is -2.49. The second-order valence-electron chi connectivity index (χ2n) is 5.02. The summed E-state index contributed by atoms with van der Waals surface area (Å²) >= 11 is 0. The van der Waals surface area contributed by atoms with Gasteiger partial charge in [0.05, 0.1) is 18.4 Å². The topological polar surface area (TPSA) is 45.4 Å². The van der Waals surface area contributed by atoms with Gasteiger partial charge in [-0.1, -0.05) is 0 Å². The lowest BCUT2D eigenvalue weighted by atomic mass is 10.2. The van der Waals surface area contributed by atoms with Crippen LogP contribution in [0.2, 0.25) is 0 Å². The van der Waals surface area contributed by atoms with Crippen LogP contribution >= 0.6 is 0 Å². The van der Waals surface area contributed by atoms with Crippen molar-refractivity contribution in [1.82, 2.24) is 9.88 Å². The number of hydrogen-bond acceptors (Lipinski definition) is 4. The number of pyridine rings is 1. The van der Waals surface area contributed by atoms with E-state index in [4.69, 9.17) is 5.73 Å². The van der Waals surface area contributed by atoms with Gasteiger partial charge in [0, 0.05) is 26.2 Å². The van der Waals surface area contributed by atoms with Crippen molar-refractivity contribution in [1.29, 1.82) is 0 Å². The highest BCUT2D eigenvalue weighted by Crippen LogP contribution is 2.36. The smallest absolute Gasteiger partial charge is 0.397 e. The third kappa shape index (κ3) is 4.15. The molecular weight excluding hydrogens is 314 g/mol. The van der Waals surface area contributed by atoms with Crippen molar-refractivity contribution in [3.05, 3.63) is 17.8 Å². The number of anilines is 2. The Balaban J connectivity index is 2.12. The average Bonchev–Trinajstić information content (AvgIpc) is 2.37. The average molecular weight is 328 g/mol. The van der Waals surface area contributed by atoms with Gasteiger partial charge in [0.25, 0.3) is 0 Å². The number of aromatic nitrogens is 1. The molecule has 22 heavy (non-hydrogen) atoms. The van der Waals surface area contributed by atoms with Crippen molar-refractivity contribution >= 4 is 11.5 Å². The molecule has 2 heterocycles. The largest absolute Gasteiger partial charge is 0.420 e. The standard InChI is InChI=1S/C12H14F6N4/c13-11(14,15)7-21-1-3-22(4-2-21)10-9(12(16,17)18)5-8(19)6-20-10/h5-6H,1-4,7,19H2. The van der Waals surface area contributed by atoms with Crippen LogP contribution in [0.4, 0.5) is 37.8 Å². The van der Waals surface area contributed by atoms with Crippen molar-refractivity contribution in [3.8, 4) is 0 Å². The van der Waals surface area contributed by atoms with Crippen LogP contribution in [0.15, 0.2) is 12.3 Å². The molecule has 0 unspecified atom stereocenters. The second kappa shape index (κ2) is 5.82. The number of nitrogen functional groups attached to an aromatic ring is 1. The summed E-state index contributed by atoms with van der Waals surface area (Å²) in [5, 5.41) is 0. The summed E-state index contributed by atoms with van der Waals surface area (Å²) in [5.74, 6) is -0.298. The van der Waals surface area contributed by atoms with Gasteiger partial charge < -0.3 is 10.6 Å². The van der Waals surface area contributed by atoms with E-state index in [1.165, 1.54) is 4.90 Å². The first-order valence-corrected chi connectivity index (χ1v) is 6.43. The third-order valence-electron chi connectivity index (χ3n) is 3.27. The number of alkyl halides is 6. The molecule has 0 aromatic carbocycles. The highest BCUT2D eigenvalue weighted by atomic mass is 19.4. The molecule has 1 saturated heterocycles. The minimum Gasteiger partial charge on any atom is -0.397 e. The highest BCUT2D eigenvalue weighted by molar-refractivity contribution is 5.55. The zero-order valence-electron chi connectivity index (χ0n) is 11.4. The molecule has 4 nitrogen and oxygen atoms in total. The summed E-state index contributed by atoms with van der Waals surface area (Å²) in [7, 11) is 0. The van der Waals surface area contributed by atoms with Gasteiger partial charge in [0.2, 0.25) is 0 Å². The number of rotatable bonds is 2. The zero-order valence-corrected chi connectivity index (χ0v) is 11.4. The van der Waals surface area contributed by atoms with Crippen molar-refractivity contribution in [3.63, 3.8) is 0 Å². The molecule has 0 aliphatic carbocycles. The Morgan fingerprint density at radius 2 is 1.64 bits per heavy atom. The normalized spacial score (nSPS) is 17.8. The van der Waals surface area contributed by atoms with E-state index in [9.17, 15) is 26.3 Å². The molecule has 1 aliphatic rings. The van der Waals surface area contributed by atoms with Gasteiger partial charge in [-0.15, -0.1) is 0 Å². The predicted molar refractivity (Wildman–Crippen MR) is 68.4 cm³/mol. The van der Waals surface area contributed by atoms with Crippen LogP contribution in [0.3, 0.4) is 0 Å². The van der Waals surface area contributed by atoms with Crippen molar-refractivity contribution in [2.45, 2.75) is 12.4 Å². The molecule has 0 radical (unpaired) electrons. The molecule has 10 heteroatoms. The monoisotopic (exact) mass is 328 g/mol. The Bertz CT molecular complexity index is 519. The van der Waals surface area contributed by atoms with Crippen molar-refractivity contribution in [2.24, 2.45) is 0 Å². The van der Waals surface area contributed by atoms with E-state index in [0.29, 0.717) is 0 Å². The molecule has 0 amide bonds. The van der Waals surface area contributed by atoms with Gasteiger partial charge in [-0.2, -0.15) is 26.3 Å². The minimum atomic E-state index is -4.62. The fourth-order valence-electron chi connectivity index (χ4n) is 2.31. The molecule has 2 rings (SSSR count). The fraction of sp³-hybridized carbons (Fsp3) is 0.583. The van der Waals surface area contributed by atoms with Crippen LogP contribution in [0.5, 0.6) is 0 Å². The molecule has 0 saturated carbocycles. The predicted octanol–water partition coefficient (Wildman–Crippen LogP) is 2.37. The minimum absolute atomic E-state index is 0.0167. The fourth-order valence-corrected chi connectivity index (χ4v) is 2.31. The zero-order chi connectivity index (χ0) is 16.5. The van der Waals surface area contributed by atoms with E-state index in [1.54, 1.807) is 0 Å². The molecular formula is C12H14F6N4. The Hall–Kier alpha value is -1.71. The Morgan fingerprint density at radius 3 is 2.14 bits per heavy atom. The quantitative estimate of drug-likeness (QED) is 0.847. The van der Waals surface area contributed by atoms with Gasteiger partial charge in [0.1, 0.15) is 11.4 Å². The maximum absolute atomic E-state index is 13.0. The molecule has 1 aromatic rings. The lowest BCUT2D eigenvalue weighted by Gasteiger charge is -2.36. The Morgan fingerprint density at radius 1 is 1.05 bits per heavy atom. The van der Waals surface area contributed by atoms with E-state index in [1.807, 2.05) is 0 Å². The molecule has 0 spiro atoms. The van der Waals surface area contributed by atoms with Gasteiger partial charge in [-0.25, -0.2) is 4.98 Å². The summed E-state index contributed by atoms with van der Waals surface area (Å²) in [6.45, 7) is -0.958. The first-order chi connectivity index (χ1) is 10.1. The van der Waals surface area contributed by atoms with Gasteiger partial charge in [0.15, 0.2) is 0 Å². The Labute approximate surface area is 122 Å². The van der Waals surface area contributed by atoms with Crippen LogP contribution < -0.4 is 10.6 Å². The van der Waals surface area contributed by atoms with E-state index in [2.05, 4.69) is 4.98 Å². The van der Waals surface area contributed by atoms with E-state index in [0.717, 1.165) is 17.2 Å². The van der Waals surface area contributed by atoms with E-state index in [-0.39, 0.29) is 37.7 Å². The SMILES string of the molecule is Nc1cnc(N2CCN(CC(F)(F)F)CC2)c(C(F)(F)F)c1. The molecule has 0 atom stereocenters. The van der Waals surface area contributed by atoms with Gasteiger partial charge >= 0.3 is 12.4 Å². The maximum Gasteiger partial charge on any atom is 0.420 e. The van der Waals surface area contributed by atoms with Gasteiger partial charge in [-0.05, 0) is 6.07 Å². The molecule has 2 N–H and O–H groups in total. The summed E-state index contributed by atoms with van der Waals surface area (Å²) < 4.78 is 75.9. The van der Waals surface area contributed by atoms with Crippen molar-refractivity contribution < 1.29 is 26.3 Å². The Kier molecular flexibility index (Phi) is 4.41. The number of nitrogens with zero attached hydrogens (tertiary/aromatic N) is 3. The summed E-state index contributed by atoms with van der Waals surface area (Å²) in [4.78, 5) is 6.19. The van der Waals surface area contributed by atoms with Crippen molar-refractivity contribution in [2.75, 3.05) is 43.4 Å². The number of nitrogens with two attached hydrogens (primary N) is 1. The molecule has 1 fully saturated rings. The van der Waals surface area contributed by atoms with Gasteiger partial charge in [-0.3, -0.25) is 4.90 Å². The highest BCUT2D eigenvalue weighted by Gasteiger charge is 2.37. The first kappa shape index (κ1) is 16.7. The molecule has 1 aromatic heterocycles. The third-order valence-corrected chi connectivity index (χ3v) is 3.27. The molecule has 0 bridgehead atoms. The van der Waals surface area contributed by atoms with E-state index < -0.39 is 24.5 Å². The lowest BCUT2D eigenvalue weighted by molar-refractivity contribution is -0.146. The number of hydrogen-bond donors (Lipinski definition) is 1. The van der Waals surface area contributed by atoms with Crippen LogP contribution in [0.1, 0.15) is 5.56 Å². The number of halogens is 6. The second-order valence-corrected chi connectivity index (χ2v) is 5.02. The van der Waals surface area contributed by atoms with Crippen LogP contribution in [0.25, 0.3) is 0 Å². The summed E-state index contributed by atoms with van der Waals surface area (Å²) in [5.41, 5.74) is 4.24. The van der Waals surface area contributed by atoms with Crippen LogP contribution in [0, 0.1) is 0 Å².